The number of carbonyl (C=O) groups excluding carboxylic acids is 2. The molecule has 1 rings (SSSR count). The number of nitrogens with one attached hydrogen (secondary N) is 1. The van der Waals surface area contributed by atoms with Crippen molar-refractivity contribution in [1.82, 2.24) is 5.23 Å². The monoisotopic (exact) mass is 430 g/mol. The molecular formula is C19H29BCl2N2O4. The van der Waals surface area contributed by atoms with Crippen LogP contribution in [0.4, 0.5) is 5.69 Å². The number of hydrogen-bond donors (Lipinski definition) is 1. The number of hydrogen-bond acceptors (Lipinski definition) is 6. The first kappa shape index (κ1) is 24.6. The molecule has 1 N–H and O–H groups in total. The summed E-state index contributed by atoms with van der Waals surface area (Å²) >= 11 is 11.8. The molecule has 0 spiro atoms. The molecule has 0 aromatic heterocycles. The summed E-state index contributed by atoms with van der Waals surface area (Å²) in [6.07, 6.45) is 0.846. The maximum absolute atomic E-state index is 12.1. The Balaban J connectivity index is 2.83. The Labute approximate surface area is 178 Å². The van der Waals surface area contributed by atoms with Crippen molar-refractivity contribution in [2.24, 2.45) is 0 Å². The molecule has 1 aromatic carbocycles. The third kappa shape index (κ3) is 9.67. The number of rotatable bonds is 13. The van der Waals surface area contributed by atoms with Crippen LogP contribution in [0.2, 0.25) is 0 Å². The molecule has 0 radical (unpaired) electrons. The zero-order chi connectivity index (χ0) is 21.0. The fourth-order valence-electron chi connectivity index (χ4n) is 2.58. The van der Waals surface area contributed by atoms with Gasteiger partial charge in [0.2, 0.25) is 0 Å². The topological polar surface area (TPSA) is 67.9 Å². The highest BCUT2D eigenvalue weighted by Gasteiger charge is 2.21. The van der Waals surface area contributed by atoms with Crippen molar-refractivity contribution in [3.05, 3.63) is 24.3 Å². The van der Waals surface area contributed by atoms with Gasteiger partial charge >= 0.3 is 5.97 Å². The van der Waals surface area contributed by atoms with Crippen LogP contribution in [-0.2, 0) is 14.3 Å². The quantitative estimate of drug-likeness (QED) is 0.224. The van der Waals surface area contributed by atoms with E-state index in [0.717, 1.165) is 11.9 Å². The third-order valence-corrected chi connectivity index (χ3v) is 4.02. The van der Waals surface area contributed by atoms with E-state index in [1.54, 1.807) is 0 Å². The van der Waals surface area contributed by atoms with Crippen molar-refractivity contribution in [2.45, 2.75) is 38.8 Å². The number of carbonyl (C=O) groups is 2. The molecule has 0 saturated carbocycles. The normalized spacial score (nSPS) is 12.2. The minimum absolute atomic E-state index is 0.0976. The summed E-state index contributed by atoms with van der Waals surface area (Å²) in [6.45, 7) is 6.92. The van der Waals surface area contributed by atoms with Crippen LogP contribution < -0.4 is 14.9 Å². The van der Waals surface area contributed by atoms with Gasteiger partial charge in [0.05, 0.1) is 18.3 Å². The van der Waals surface area contributed by atoms with Crippen LogP contribution in [0.15, 0.2) is 24.3 Å². The molecule has 1 atom stereocenters. The Morgan fingerprint density at radius 3 is 2.46 bits per heavy atom. The number of anilines is 1. The van der Waals surface area contributed by atoms with Gasteiger partial charge in [-0.05, 0) is 32.9 Å². The first-order valence-electron chi connectivity index (χ1n) is 9.28. The van der Waals surface area contributed by atoms with E-state index in [1.165, 1.54) is 0 Å². The lowest BCUT2D eigenvalue weighted by Crippen LogP contribution is -2.41. The summed E-state index contributed by atoms with van der Waals surface area (Å²) in [4.78, 5) is 24.9. The van der Waals surface area contributed by atoms with Crippen molar-refractivity contribution in [3.8, 4) is 5.75 Å². The van der Waals surface area contributed by atoms with Gasteiger partial charge in [-0.2, -0.15) is 0 Å². The van der Waals surface area contributed by atoms with Gasteiger partial charge in [0.15, 0.2) is 0 Å². The SMILES string of the molecule is CC(C)(C)OC(=O)C[C@H](COc1ccccc1N(CCCl)CCCl)NBC=O. The maximum atomic E-state index is 12.1. The molecule has 6 nitrogen and oxygen atoms in total. The van der Waals surface area contributed by atoms with Gasteiger partial charge in [0, 0.05) is 30.9 Å². The van der Waals surface area contributed by atoms with E-state index in [0.29, 0.717) is 30.6 Å². The molecule has 0 amide bonds. The Morgan fingerprint density at radius 2 is 1.89 bits per heavy atom. The zero-order valence-electron chi connectivity index (χ0n) is 16.7. The number of ether oxygens (including phenoxy) is 2. The number of halogens is 2. The largest absolute Gasteiger partial charge is 0.490 e. The van der Waals surface area contributed by atoms with Crippen LogP contribution in [0.1, 0.15) is 27.2 Å². The van der Waals surface area contributed by atoms with Gasteiger partial charge in [0.1, 0.15) is 18.0 Å². The smallest absolute Gasteiger partial charge is 0.307 e. The first-order chi connectivity index (χ1) is 13.3. The lowest BCUT2D eigenvalue weighted by Gasteiger charge is -2.26. The van der Waals surface area contributed by atoms with Gasteiger partial charge in [-0.15, -0.1) is 23.2 Å². The van der Waals surface area contributed by atoms with E-state index in [4.69, 9.17) is 32.7 Å². The Kier molecular flexibility index (Phi) is 11.3. The Hall–Kier alpha value is -1.44. The number of nitrogens with zero attached hydrogens (tertiary/aromatic N) is 1. The molecule has 0 bridgehead atoms. The predicted molar refractivity (Wildman–Crippen MR) is 117 cm³/mol. The summed E-state index contributed by atoms with van der Waals surface area (Å²) in [7, 11) is 0.128. The summed E-state index contributed by atoms with van der Waals surface area (Å²) in [6, 6.07) is 7.23. The molecule has 0 aliphatic rings. The average molecular weight is 431 g/mol. The summed E-state index contributed by atoms with van der Waals surface area (Å²) in [5.41, 5.74) is 0.318. The van der Waals surface area contributed by atoms with Crippen molar-refractivity contribution < 1.29 is 19.1 Å². The van der Waals surface area contributed by atoms with Crippen LogP contribution >= 0.6 is 23.2 Å². The van der Waals surface area contributed by atoms with E-state index in [1.807, 2.05) is 45.0 Å². The summed E-state index contributed by atoms with van der Waals surface area (Å²) < 4.78 is 11.4. The molecule has 28 heavy (non-hydrogen) atoms. The van der Waals surface area contributed by atoms with E-state index < -0.39 is 5.60 Å². The number of alkyl halides is 2. The van der Waals surface area contributed by atoms with Crippen molar-refractivity contribution in [2.75, 3.05) is 36.4 Å². The predicted octanol–water partition coefficient (Wildman–Crippen LogP) is 2.58. The number of esters is 1. The second-order valence-corrected chi connectivity index (χ2v) is 7.96. The molecule has 0 fully saturated rings. The van der Waals surface area contributed by atoms with E-state index in [-0.39, 0.29) is 32.5 Å². The van der Waals surface area contributed by atoms with Crippen molar-refractivity contribution >= 4 is 48.5 Å². The number of para-hydroxylation sites is 2. The fourth-order valence-corrected chi connectivity index (χ4v) is 2.98. The van der Waals surface area contributed by atoms with Crippen LogP contribution in [0, 0.1) is 0 Å². The van der Waals surface area contributed by atoms with Gasteiger partial charge in [-0.3, -0.25) is 4.79 Å². The summed E-state index contributed by atoms with van der Waals surface area (Å²) in [5, 5.41) is 3.01. The third-order valence-electron chi connectivity index (χ3n) is 3.68. The molecule has 1 aromatic rings. The van der Waals surface area contributed by atoms with E-state index in [2.05, 4.69) is 10.1 Å². The fraction of sp³-hybridized carbons (Fsp3) is 0.579. The minimum atomic E-state index is -0.566. The van der Waals surface area contributed by atoms with Crippen LogP contribution in [0.5, 0.6) is 5.75 Å². The lowest BCUT2D eigenvalue weighted by atomic mass is 9.96. The van der Waals surface area contributed by atoms with Crippen LogP contribution in [0.3, 0.4) is 0 Å². The Morgan fingerprint density at radius 1 is 1.25 bits per heavy atom. The van der Waals surface area contributed by atoms with Gasteiger partial charge in [0.25, 0.3) is 7.41 Å². The van der Waals surface area contributed by atoms with Crippen LogP contribution in [-0.4, -0.2) is 62.7 Å². The first-order valence-corrected chi connectivity index (χ1v) is 10.3. The molecule has 9 heteroatoms. The average Bonchev–Trinajstić information content (AvgIpc) is 2.62. The number of benzene rings is 1. The molecule has 0 unspecified atom stereocenters. The zero-order valence-corrected chi connectivity index (χ0v) is 18.3. The molecule has 156 valence electrons. The van der Waals surface area contributed by atoms with E-state index >= 15 is 0 Å². The highest BCUT2D eigenvalue weighted by molar-refractivity contribution is 6.64. The summed E-state index contributed by atoms with van der Waals surface area (Å²) in [5.74, 6) is 1.25. The van der Waals surface area contributed by atoms with E-state index in [9.17, 15) is 9.59 Å². The van der Waals surface area contributed by atoms with Crippen molar-refractivity contribution in [3.63, 3.8) is 0 Å². The minimum Gasteiger partial charge on any atom is -0.490 e. The van der Waals surface area contributed by atoms with Crippen molar-refractivity contribution in [1.29, 1.82) is 0 Å². The standard InChI is InChI=1S/C19H29BCl2N2O4/c1-19(2,3)28-18(26)12-15(23-20-14-25)13-27-17-7-5-4-6-16(17)24(10-8-21)11-9-22/h4-7,14-15,20,23H,8-13H2,1-3H3/t15-/m1/s1. The van der Waals surface area contributed by atoms with Crippen LogP contribution in [0.25, 0.3) is 0 Å². The molecule has 0 saturated heterocycles. The second-order valence-electron chi connectivity index (χ2n) is 7.21. The molecule has 0 heterocycles. The maximum Gasteiger partial charge on any atom is 0.307 e. The highest BCUT2D eigenvalue weighted by atomic mass is 35.5. The van der Waals surface area contributed by atoms with Gasteiger partial charge in [-0.25, -0.2) is 0 Å². The lowest BCUT2D eigenvalue weighted by molar-refractivity contribution is -0.155. The second kappa shape index (κ2) is 12.9. The molecule has 0 aliphatic heterocycles. The molecule has 0 aliphatic carbocycles. The highest BCUT2D eigenvalue weighted by Crippen LogP contribution is 2.28. The Bertz CT molecular complexity index is 608. The van der Waals surface area contributed by atoms with Gasteiger partial charge < -0.3 is 24.4 Å². The van der Waals surface area contributed by atoms with Gasteiger partial charge in [-0.1, -0.05) is 12.1 Å². The molecular weight excluding hydrogens is 402 g/mol.